The predicted molar refractivity (Wildman–Crippen MR) is 129 cm³/mol. The molecule has 3 fully saturated rings. The van der Waals surface area contributed by atoms with Crippen LogP contribution in [0.3, 0.4) is 0 Å². The Morgan fingerprint density at radius 1 is 1.11 bits per heavy atom. The van der Waals surface area contributed by atoms with Gasteiger partial charge in [-0.2, -0.15) is 0 Å². The average molecular weight is 678 g/mol. The number of alkyl halides is 1. The quantitative estimate of drug-likeness (QED) is 0.217. The summed E-state index contributed by atoms with van der Waals surface area (Å²) in [6.07, 6.45) is 5.62. The van der Waals surface area contributed by atoms with Crippen LogP contribution in [0.1, 0.15) is 52.9 Å². The van der Waals surface area contributed by atoms with E-state index in [-0.39, 0.29) is 18.0 Å². The second kappa shape index (κ2) is 17.9. The SMILES string of the molecule is BrCCOC1CCCCO1.C1CO1.CC(C)(C)OC(=O)N1CCCC1.II. The van der Waals surface area contributed by atoms with E-state index in [9.17, 15) is 4.79 Å². The molecule has 1 amide bonds. The highest BCUT2D eigenvalue weighted by molar-refractivity contribution is 15.0. The van der Waals surface area contributed by atoms with Crippen LogP contribution in [0.5, 0.6) is 0 Å². The summed E-state index contributed by atoms with van der Waals surface area (Å²) in [6, 6.07) is 0. The third-order valence-corrected chi connectivity index (χ3v) is 3.80. The summed E-state index contributed by atoms with van der Waals surface area (Å²) in [6.45, 7) is 11.0. The van der Waals surface area contributed by atoms with E-state index in [1.807, 2.05) is 20.8 Å². The summed E-state index contributed by atoms with van der Waals surface area (Å²) in [7, 11) is 0. The van der Waals surface area contributed by atoms with E-state index >= 15 is 0 Å². The number of likely N-dealkylation sites (tertiary alicyclic amines) is 1. The van der Waals surface area contributed by atoms with E-state index in [0.717, 1.165) is 64.1 Å². The van der Waals surface area contributed by atoms with Gasteiger partial charge in [-0.3, -0.25) is 0 Å². The second-order valence-electron chi connectivity index (χ2n) is 7.14. The lowest BCUT2D eigenvalue weighted by Gasteiger charge is -2.23. The van der Waals surface area contributed by atoms with E-state index in [2.05, 4.69) is 57.9 Å². The number of nitrogens with zero attached hydrogens (tertiary/aromatic N) is 1. The third kappa shape index (κ3) is 18.8. The summed E-state index contributed by atoms with van der Waals surface area (Å²) in [4.78, 5) is 13.1. The van der Waals surface area contributed by atoms with Crippen LogP contribution in [-0.4, -0.2) is 67.7 Å². The van der Waals surface area contributed by atoms with Gasteiger partial charge in [0.25, 0.3) is 0 Å². The first-order chi connectivity index (χ1) is 12.9. The van der Waals surface area contributed by atoms with Gasteiger partial charge >= 0.3 is 6.09 Å². The first-order valence-electron chi connectivity index (χ1n) is 9.41. The number of amides is 1. The zero-order valence-corrected chi connectivity index (χ0v) is 22.6. The number of halogens is 3. The van der Waals surface area contributed by atoms with E-state index in [0.29, 0.717) is 0 Å². The zero-order valence-electron chi connectivity index (χ0n) is 16.7. The van der Waals surface area contributed by atoms with Gasteiger partial charge in [-0.25, -0.2) is 4.79 Å². The van der Waals surface area contributed by atoms with Crippen LogP contribution in [0.15, 0.2) is 0 Å². The summed E-state index contributed by atoms with van der Waals surface area (Å²) < 4.78 is 20.4. The van der Waals surface area contributed by atoms with Gasteiger partial charge in [-0.15, -0.1) is 0 Å². The van der Waals surface area contributed by atoms with E-state index in [1.54, 1.807) is 4.90 Å². The molecule has 27 heavy (non-hydrogen) atoms. The van der Waals surface area contributed by atoms with Crippen molar-refractivity contribution >= 4 is 59.3 Å². The molecule has 9 heteroatoms. The third-order valence-electron chi connectivity index (χ3n) is 3.48. The second-order valence-corrected chi connectivity index (χ2v) is 7.94. The molecule has 0 saturated carbocycles. The Balaban J connectivity index is 0.000000404. The molecule has 3 rings (SSSR count). The van der Waals surface area contributed by atoms with E-state index in [1.165, 1.54) is 12.8 Å². The lowest BCUT2D eigenvalue weighted by atomic mass is 10.2. The number of carbonyl (C=O) groups excluding carboxylic acids is 1. The standard InChI is InChI=1S/C9H17NO2.C7H13BrO2.C2H4O.I2/c1-9(2,3)12-8(11)10-6-4-5-7-10;8-4-6-10-7-3-1-2-5-9-7;1-2-3-1;1-2/h4-7H2,1-3H3;7H,1-6H2;1-2H2;. The molecular weight excluding hydrogens is 644 g/mol. The molecular formula is C18H34BrI2NO5. The first kappa shape index (κ1) is 28.1. The van der Waals surface area contributed by atoms with Crippen LogP contribution in [0.25, 0.3) is 0 Å². The Kier molecular flexibility index (Phi) is 18.6. The normalized spacial score (nSPS) is 20.8. The maximum Gasteiger partial charge on any atom is 0.410 e. The summed E-state index contributed by atoms with van der Waals surface area (Å²) in [5.41, 5.74) is -0.361. The summed E-state index contributed by atoms with van der Waals surface area (Å²) in [5.74, 6) is 0. The van der Waals surface area contributed by atoms with Gasteiger partial charge in [0.1, 0.15) is 5.60 Å². The fourth-order valence-corrected chi connectivity index (χ4v) is 2.43. The topological polar surface area (TPSA) is 60.5 Å². The predicted octanol–water partition coefficient (Wildman–Crippen LogP) is 5.73. The van der Waals surface area contributed by atoms with Crippen LogP contribution < -0.4 is 0 Å². The van der Waals surface area contributed by atoms with Crippen molar-refractivity contribution in [2.24, 2.45) is 0 Å². The first-order valence-corrected chi connectivity index (χ1v) is 16.8. The number of rotatable bonds is 3. The van der Waals surface area contributed by atoms with Crippen molar-refractivity contribution in [3.05, 3.63) is 0 Å². The molecule has 0 aromatic heterocycles. The van der Waals surface area contributed by atoms with Crippen molar-refractivity contribution < 1.29 is 23.7 Å². The zero-order chi connectivity index (χ0) is 20.5. The van der Waals surface area contributed by atoms with Crippen molar-refractivity contribution in [2.75, 3.05) is 44.8 Å². The van der Waals surface area contributed by atoms with Crippen LogP contribution in [0.2, 0.25) is 0 Å². The van der Waals surface area contributed by atoms with Crippen LogP contribution in [-0.2, 0) is 18.9 Å². The number of carbonyl (C=O) groups is 1. The summed E-state index contributed by atoms with van der Waals surface area (Å²) in [5, 5.41) is 0.896. The highest BCUT2D eigenvalue weighted by Gasteiger charge is 2.23. The van der Waals surface area contributed by atoms with E-state index in [4.69, 9.17) is 14.2 Å². The summed E-state index contributed by atoms with van der Waals surface area (Å²) >= 11 is 7.54. The van der Waals surface area contributed by atoms with Crippen molar-refractivity contribution in [2.45, 2.75) is 64.8 Å². The Hall–Kier alpha value is 1.09. The minimum absolute atomic E-state index is 0.0753. The van der Waals surface area contributed by atoms with Crippen molar-refractivity contribution in [3.8, 4) is 0 Å². The molecule has 0 aromatic carbocycles. The molecule has 0 N–H and O–H groups in total. The van der Waals surface area contributed by atoms with Crippen molar-refractivity contribution in [1.82, 2.24) is 4.90 Å². The highest BCUT2D eigenvalue weighted by Crippen LogP contribution is 2.14. The average Bonchev–Trinajstić information content (AvgIpc) is 3.44. The lowest BCUT2D eigenvalue weighted by molar-refractivity contribution is -0.158. The van der Waals surface area contributed by atoms with Crippen LogP contribution in [0.4, 0.5) is 4.79 Å². The molecule has 0 aliphatic carbocycles. The number of ether oxygens (including phenoxy) is 4. The molecule has 0 radical (unpaired) electrons. The van der Waals surface area contributed by atoms with Crippen molar-refractivity contribution in [1.29, 1.82) is 0 Å². The van der Waals surface area contributed by atoms with Crippen LogP contribution >= 0.6 is 53.2 Å². The molecule has 1 atom stereocenters. The molecule has 3 saturated heterocycles. The minimum atomic E-state index is -0.361. The van der Waals surface area contributed by atoms with Gasteiger partial charge in [0.2, 0.25) is 0 Å². The Labute approximate surface area is 196 Å². The minimum Gasteiger partial charge on any atom is -0.444 e. The highest BCUT2D eigenvalue weighted by atomic mass is 128. The Bertz CT molecular complexity index is 355. The van der Waals surface area contributed by atoms with E-state index < -0.39 is 0 Å². The number of hydrogen-bond donors (Lipinski definition) is 0. The lowest BCUT2D eigenvalue weighted by Crippen LogP contribution is -2.34. The molecule has 3 aliphatic rings. The Morgan fingerprint density at radius 2 is 1.70 bits per heavy atom. The fraction of sp³-hybridized carbons (Fsp3) is 0.944. The van der Waals surface area contributed by atoms with Gasteiger partial charge in [0.05, 0.1) is 19.8 Å². The largest absolute Gasteiger partial charge is 0.444 e. The van der Waals surface area contributed by atoms with Gasteiger partial charge in [0, 0.05) is 62.3 Å². The molecule has 3 aliphatic heterocycles. The maximum atomic E-state index is 11.4. The molecule has 1 unspecified atom stereocenters. The molecule has 0 aromatic rings. The van der Waals surface area contributed by atoms with Crippen molar-refractivity contribution in [3.63, 3.8) is 0 Å². The fourth-order valence-electron chi connectivity index (χ4n) is 2.24. The van der Waals surface area contributed by atoms with Gasteiger partial charge in [-0.1, -0.05) is 15.9 Å². The Morgan fingerprint density at radius 3 is 2.11 bits per heavy atom. The maximum absolute atomic E-state index is 11.4. The van der Waals surface area contributed by atoms with Gasteiger partial charge < -0.3 is 23.8 Å². The molecule has 0 spiro atoms. The van der Waals surface area contributed by atoms with Gasteiger partial charge in [0.15, 0.2) is 6.29 Å². The number of hydrogen-bond acceptors (Lipinski definition) is 5. The molecule has 6 nitrogen and oxygen atoms in total. The monoisotopic (exact) mass is 677 g/mol. The molecule has 162 valence electrons. The molecule has 3 heterocycles. The molecule has 0 bridgehead atoms. The van der Waals surface area contributed by atoms with Gasteiger partial charge in [-0.05, 0) is 52.9 Å². The number of epoxide rings is 1. The smallest absolute Gasteiger partial charge is 0.410 e. The van der Waals surface area contributed by atoms with Crippen LogP contribution in [0, 0.1) is 0 Å².